The number of likely N-dealkylation sites (tertiary alicyclic amines) is 1. The van der Waals surface area contributed by atoms with E-state index in [2.05, 4.69) is 39.6 Å². The van der Waals surface area contributed by atoms with Gasteiger partial charge in [0.25, 0.3) is 0 Å². The van der Waals surface area contributed by atoms with E-state index < -0.39 is 0 Å². The molecule has 1 aliphatic rings. The van der Waals surface area contributed by atoms with E-state index in [-0.39, 0.29) is 0 Å². The van der Waals surface area contributed by atoms with Gasteiger partial charge in [0.1, 0.15) is 0 Å². The average molecular weight is 169 g/mol. The van der Waals surface area contributed by atoms with Gasteiger partial charge < -0.3 is 0 Å². The number of hydrogen-bond acceptors (Lipinski definition) is 1. The zero-order valence-corrected chi connectivity index (χ0v) is 9.22. The topological polar surface area (TPSA) is 3.24 Å². The predicted octanol–water partition coefficient (Wildman–Crippen LogP) is 2.91. The molecule has 0 N–H and O–H groups in total. The normalized spacial score (nSPS) is 30.0. The third-order valence-corrected chi connectivity index (χ3v) is 3.34. The van der Waals surface area contributed by atoms with Crippen molar-refractivity contribution in [2.24, 2.45) is 5.92 Å². The van der Waals surface area contributed by atoms with Crippen LogP contribution in [0.2, 0.25) is 0 Å². The van der Waals surface area contributed by atoms with E-state index >= 15 is 0 Å². The lowest BCUT2D eigenvalue weighted by Crippen LogP contribution is -2.39. The highest BCUT2D eigenvalue weighted by Crippen LogP contribution is 2.34. The number of hydrogen-bond donors (Lipinski definition) is 0. The molecule has 0 aromatic carbocycles. The van der Waals surface area contributed by atoms with Crippen LogP contribution in [0.3, 0.4) is 0 Å². The first kappa shape index (κ1) is 10.0. The van der Waals surface area contributed by atoms with Gasteiger partial charge in [-0.1, -0.05) is 13.8 Å². The maximum absolute atomic E-state index is 2.56. The minimum atomic E-state index is 0.444. The smallest absolute Gasteiger partial charge is 0.0153 e. The van der Waals surface area contributed by atoms with Gasteiger partial charge in [-0.2, -0.15) is 0 Å². The van der Waals surface area contributed by atoms with Gasteiger partial charge in [-0.25, -0.2) is 0 Å². The Morgan fingerprint density at radius 1 is 1.42 bits per heavy atom. The first-order valence-electron chi connectivity index (χ1n) is 5.16. The molecule has 0 aliphatic carbocycles. The SMILES string of the molecule is CC(C)C[C@@H]1CCC(C)(C)N1C. The van der Waals surface area contributed by atoms with Crippen LogP contribution in [0, 0.1) is 5.92 Å². The van der Waals surface area contributed by atoms with Crippen molar-refractivity contribution < 1.29 is 0 Å². The fourth-order valence-electron chi connectivity index (χ4n) is 2.20. The third-order valence-electron chi connectivity index (χ3n) is 3.34. The zero-order valence-electron chi connectivity index (χ0n) is 9.22. The van der Waals surface area contributed by atoms with Gasteiger partial charge in [-0.3, -0.25) is 4.90 Å². The Morgan fingerprint density at radius 2 is 2.00 bits per heavy atom. The summed E-state index contributed by atoms with van der Waals surface area (Å²) in [5.41, 5.74) is 0.444. The molecular formula is C11H23N. The molecule has 1 fully saturated rings. The summed E-state index contributed by atoms with van der Waals surface area (Å²) >= 11 is 0. The molecule has 0 aromatic rings. The van der Waals surface area contributed by atoms with Gasteiger partial charge in [0.2, 0.25) is 0 Å². The number of nitrogens with zero attached hydrogens (tertiary/aromatic N) is 1. The van der Waals surface area contributed by atoms with E-state index in [1.165, 1.54) is 19.3 Å². The number of rotatable bonds is 2. The molecule has 1 nitrogen and oxygen atoms in total. The molecule has 1 atom stereocenters. The van der Waals surface area contributed by atoms with Crippen LogP contribution in [0.4, 0.5) is 0 Å². The summed E-state index contributed by atoms with van der Waals surface area (Å²) in [6.45, 7) is 9.35. The first-order valence-corrected chi connectivity index (χ1v) is 5.16. The standard InChI is InChI=1S/C11H23N/c1-9(2)8-10-6-7-11(3,4)12(10)5/h9-10H,6-8H2,1-5H3/t10-/m0/s1. The Morgan fingerprint density at radius 3 is 2.33 bits per heavy atom. The van der Waals surface area contributed by atoms with Crippen molar-refractivity contribution in [1.29, 1.82) is 0 Å². The fourth-order valence-corrected chi connectivity index (χ4v) is 2.20. The van der Waals surface area contributed by atoms with Crippen LogP contribution in [0.15, 0.2) is 0 Å². The maximum atomic E-state index is 2.56. The van der Waals surface area contributed by atoms with E-state index in [0.717, 1.165) is 12.0 Å². The lowest BCUT2D eigenvalue weighted by atomic mass is 10.0. The van der Waals surface area contributed by atoms with Crippen molar-refractivity contribution in [2.75, 3.05) is 7.05 Å². The molecule has 1 saturated heterocycles. The minimum absolute atomic E-state index is 0.444. The summed E-state index contributed by atoms with van der Waals surface area (Å²) in [6.07, 6.45) is 4.11. The lowest BCUT2D eigenvalue weighted by Gasteiger charge is -2.32. The summed E-state index contributed by atoms with van der Waals surface area (Å²) in [5.74, 6) is 0.839. The predicted molar refractivity (Wildman–Crippen MR) is 54.3 cm³/mol. The second kappa shape index (κ2) is 3.37. The van der Waals surface area contributed by atoms with Crippen molar-refractivity contribution in [3.8, 4) is 0 Å². The molecule has 0 bridgehead atoms. The van der Waals surface area contributed by atoms with Crippen LogP contribution in [0.25, 0.3) is 0 Å². The largest absolute Gasteiger partial charge is 0.298 e. The minimum Gasteiger partial charge on any atom is -0.298 e. The second-order valence-corrected chi connectivity index (χ2v) is 5.25. The highest BCUT2D eigenvalue weighted by atomic mass is 15.2. The van der Waals surface area contributed by atoms with Gasteiger partial charge in [0, 0.05) is 11.6 Å². The molecule has 1 heteroatoms. The quantitative estimate of drug-likeness (QED) is 0.614. The summed E-state index contributed by atoms with van der Waals surface area (Å²) < 4.78 is 0. The molecule has 0 amide bonds. The molecule has 1 aliphatic heterocycles. The summed E-state index contributed by atoms with van der Waals surface area (Å²) in [4.78, 5) is 2.56. The van der Waals surface area contributed by atoms with Crippen LogP contribution < -0.4 is 0 Å². The van der Waals surface area contributed by atoms with Crippen molar-refractivity contribution in [2.45, 2.75) is 58.5 Å². The molecule has 0 aromatic heterocycles. The Labute approximate surface area is 77.1 Å². The molecule has 0 radical (unpaired) electrons. The summed E-state index contributed by atoms with van der Waals surface area (Å²) in [6, 6.07) is 0.833. The van der Waals surface area contributed by atoms with E-state index in [0.29, 0.717) is 5.54 Å². The molecule has 1 rings (SSSR count). The van der Waals surface area contributed by atoms with Crippen LogP contribution in [0.1, 0.15) is 47.0 Å². The van der Waals surface area contributed by atoms with Crippen molar-refractivity contribution in [3.05, 3.63) is 0 Å². The van der Waals surface area contributed by atoms with E-state index in [1.54, 1.807) is 0 Å². The van der Waals surface area contributed by atoms with E-state index in [9.17, 15) is 0 Å². The van der Waals surface area contributed by atoms with Crippen molar-refractivity contribution in [1.82, 2.24) is 4.90 Å². The molecule has 72 valence electrons. The van der Waals surface area contributed by atoms with Crippen LogP contribution >= 0.6 is 0 Å². The fraction of sp³-hybridized carbons (Fsp3) is 1.00. The van der Waals surface area contributed by atoms with Gasteiger partial charge in [-0.15, -0.1) is 0 Å². The van der Waals surface area contributed by atoms with Crippen LogP contribution in [0.5, 0.6) is 0 Å². The van der Waals surface area contributed by atoms with Gasteiger partial charge >= 0.3 is 0 Å². The van der Waals surface area contributed by atoms with Crippen molar-refractivity contribution >= 4 is 0 Å². The van der Waals surface area contributed by atoms with Gasteiger partial charge in [0.05, 0.1) is 0 Å². The second-order valence-electron chi connectivity index (χ2n) is 5.25. The van der Waals surface area contributed by atoms with E-state index in [4.69, 9.17) is 0 Å². The highest BCUT2D eigenvalue weighted by Gasteiger charge is 2.36. The molecule has 1 heterocycles. The Hall–Kier alpha value is -0.0400. The summed E-state index contributed by atoms with van der Waals surface area (Å²) in [5, 5.41) is 0. The van der Waals surface area contributed by atoms with Crippen LogP contribution in [-0.2, 0) is 0 Å². The Kier molecular flexibility index (Phi) is 2.82. The van der Waals surface area contributed by atoms with Crippen LogP contribution in [-0.4, -0.2) is 23.5 Å². The molecule has 0 spiro atoms. The monoisotopic (exact) mass is 169 g/mol. The Balaban J connectivity index is 2.50. The maximum Gasteiger partial charge on any atom is 0.0153 e. The summed E-state index contributed by atoms with van der Waals surface area (Å²) in [7, 11) is 2.28. The molecule has 12 heavy (non-hydrogen) atoms. The lowest BCUT2D eigenvalue weighted by molar-refractivity contribution is 0.155. The Bertz CT molecular complexity index is 149. The molecular weight excluding hydrogens is 146 g/mol. The average Bonchev–Trinajstić information content (AvgIpc) is 2.15. The van der Waals surface area contributed by atoms with Gasteiger partial charge in [0.15, 0.2) is 0 Å². The van der Waals surface area contributed by atoms with Gasteiger partial charge in [-0.05, 0) is 46.1 Å². The van der Waals surface area contributed by atoms with E-state index in [1.807, 2.05) is 0 Å². The molecule has 0 unspecified atom stereocenters. The molecule has 0 saturated carbocycles. The zero-order chi connectivity index (χ0) is 9.35. The highest BCUT2D eigenvalue weighted by molar-refractivity contribution is 4.92. The van der Waals surface area contributed by atoms with Crippen molar-refractivity contribution in [3.63, 3.8) is 0 Å². The third kappa shape index (κ3) is 2.01. The first-order chi connectivity index (χ1) is 5.43.